The van der Waals surface area contributed by atoms with E-state index in [4.69, 9.17) is 10.5 Å². The van der Waals surface area contributed by atoms with Gasteiger partial charge in [0.05, 0.1) is 18.4 Å². The first-order chi connectivity index (χ1) is 12.9. The smallest absolute Gasteiger partial charge is 0.355 e. The van der Waals surface area contributed by atoms with Gasteiger partial charge in [0.1, 0.15) is 11.4 Å². The first kappa shape index (κ1) is 19.1. The van der Waals surface area contributed by atoms with E-state index < -0.39 is 17.7 Å². The number of nitrogen functional groups attached to an aromatic ring is 1. The molecule has 0 aromatic carbocycles. The number of ether oxygens (including phenoxy) is 1. The van der Waals surface area contributed by atoms with Crippen LogP contribution in [0.2, 0.25) is 0 Å². The van der Waals surface area contributed by atoms with Crippen molar-refractivity contribution in [1.82, 2.24) is 9.88 Å². The van der Waals surface area contributed by atoms with Crippen LogP contribution in [0.3, 0.4) is 0 Å². The summed E-state index contributed by atoms with van der Waals surface area (Å²) in [5.74, 6) is -1.68. The third-order valence-electron chi connectivity index (χ3n) is 4.27. The number of thioether (sulfide) groups is 1. The molecule has 2 aliphatic heterocycles. The minimum atomic E-state index is -0.638. The first-order valence-corrected chi connectivity index (χ1v) is 9.71. The number of β-lactam (4-membered cyclic amide) rings is 1. The van der Waals surface area contributed by atoms with E-state index in [1.54, 1.807) is 0 Å². The Hall–Kier alpha value is -2.66. The van der Waals surface area contributed by atoms with E-state index in [0.717, 1.165) is 11.3 Å². The quantitative estimate of drug-likeness (QED) is 0.234. The number of carbonyl (C=O) groups is 3. The SMILES string of the molecule is C=CC1=C(C(=O)OC)N2C(=O)C(CC(=O)/C(=N\O)c3csc(N)n3)C2SC1. The van der Waals surface area contributed by atoms with Crippen LogP contribution in [-0.4, -0.2) is 56.7 Å². The number of aromatic nitrogens is 1. The molecular weight excluding hydrogens is 392 g/mol. The van der Waals surface area contributed by atoms with E-state index in [1.165, 1.54) is 35.2 Å². The predicted octanol–water partition coefficient (Wildman–Crippen LogP) is 1.01. The van der Waals surface area contributed by atoms with Crippen molar-refractivity contribution in [1.29, 1.82) is 0 Å². The van der Waals surface area contributed by atoms with Crippen molar-refractivity contribution in [2.24, 2.45) is 11.1 Å². The molecule has 9 nitrogen and oxygen atoms in total. The molecule has 2 unspecified atom stereocenters. The second-order valence-corrected chi connectivity index (χ2v) is 7.73. The van der Waals surface area contributed by atoms with Gasteiger partial charge in [0.15, 0.2) is 16.6 Å². The number of hydrogen-bond acceptors (Lipinski definition) is 10. The van der Waals surface area contributed by atoms with E-state index in [1.807, 2.05) is 0 Å². The maximum absolute atomic E-state index is 12.6. The number of oxime groups is 1. The molecule has 3 N–H and O–H groups in total. The highest BCUT2D eigenvalue weighted by molar-refractivity contribution is 8.00. The zero-order valence-corrected chi connectivity index (χ0v) is 15.9. The van der Waals surface area contributed by atoms with E-state index >= 15 is 0 Å². The minimum Gasteiger partial charge on any atom is -0.464 e. The summed E-state index contributed by atoms with van der Waals surface area (Å²) >= 11 is 2.54. The summed E-state index contributed by atoms with van der Waals surface area (Å²) in [6, 6.07) is 0. The van der Waals surface area contributed by atoms with Gasteiger partial charge in [-0.3, -0.25) is 14.5 Å². The van der Waals surface area contributed by atoms with Crippen LogP contribution in [0, 0.1) is 5.92 Å². The molecule has 0 saturated carbocycles. The Morgan fingerprint density at radius 2 is 2.33 bits per heavy atom. The molecule has 1 saturated heterocycles. The number of amides is 1. The fourth-order valence-electron chi connectivity index (χ4n) is 2.96. The van der Waals surface area contributed by atoms with Crippen LogP contribution in [0.4, 0.5) is 5.13 Å². The Labute approximate surface area is 162 Å². The number of hydrogen-bond donors (Lipinski definition) is 2. The molecule has 0 aliphatic carbocycles. The number of nitrogens with two attached hydrogens (primary N) is 1. The minimum absolute atomic E-state index is 0.160. The summed E-state index contributed by atoms with van der Waals surface area (Å²) in [5.41, 5.74) is 6.23. The molecule has 1 fully saturated rings. The van der Waals surface area contributed by atoms with Gasteiger partial charge >= 0.3 is 5.97 Å². The molecule has 0 radical (unpaired) electrons. The number of anilines is 1. The number of nitrogens with zero attached hydrogens (tertiary/aromatic N) is 3. The summed E-state index contributed by atoms with van der Waals surface area (Å²) in [4.78, 5) is 42.5. The van der Waals surface area contributed by atoms with E-state index in [2.05, 4.69) is 16.7 Å². The molecule has 142 valence electrons. The lowest BCUT2D eigenvalue weighted by molar-refractivity contribution is -0.154. The molecule has 1 aromatic heterocycles. The zero-order chi connectivity index (χ0) is 19.7. The van der Waals surface area contributed by atoms with Gasteiger partial charge in [0.2, 0.25) is 5.91 Å². The van der Waals surface area contributed by atoms with Gasteiger partial charge in [-0.1, -0.05) is 17.8 Å². The number of methoxy groups -OCH3 is 1. The number of ketones is 1. The monoisotopic (exact) mass is 408 g/mol. The van der Waals surface area contributed by atoms with Crippen molar-refractivity contribution in [2.75, 3.05) is 18.6 Å². The van der Waals surface area contributed by atoms with Crippen molar-refractivity contribution in [3.8, 4) is 0 Å². The van der Waals surface area contributed by atoms with Gasteiger partial charge in [-0.25, -0.2) is 9.78 Å². The van der Waals surface area contributed by atoms with Gasteiger partial charge < -0.3 is 15.7 Å². The number of allylic oxidation sites excluding steroid dienone is 1. The number of esters is 1. The van der Waals surface area contributed by atoms with Crippen molar-refractivity contribution < 1.29 is 24.3 Å². The summed E-state index contributed by atoms with van der Waals surface area (Å²) in [7, 11) is 1.24. The van der Waals surface area contributed by atoms with Gasteiger partial charge in [0, 0.05) is 17.6 Å². The molecule has 11 heteroatoms. The van der Waals surface area contributed by atoms with Gasteiger partial charge in [-0.15, -0.1) is 23.1 Å². The van der Waals surface area contributed by atoms with Crippen LogP contribution >= 0.6 is 23.1 Å². The van der Waals surface area contributed by atoms with Crippen LogP contribution in [0.1, 0.15) is 12.1 Å². The van der Waals surface area contributed by atoms with Gasteiger partial charge in [-0.2, -0.15) is 0 Å². The lowest BCUT2D eigenvalue weighted by Crippen LogP contribution is -2.62. The Morgan fingerprint density at radius 1 is 1.59 bits per heavy atom. The Balaban J connectivity index is 1.79. The average molecular weight is 408 g/mol. The maximum atomic E-state index is 12.6. The number of thiazole rings is 1. The van der Waals surface area contributed by atoms with E-state index in [-0.39, 0.29) is 39.9 Å². The Morgan fingerprint density at radius 3 is 2.89 bits per heavy atom. The molecule has 2 atom stereocenters. The zero-order valence-electron chi connectivity index (χ0n) is 14.2. The fourth-order valence-corrected chi connectivity index (χ4v) is 4.92. The van der Waals surface area contributed by atoms with Gasteiger partial charge in [0.25, 0.3) is 0 Å². The highest BCUT2D eigenvalue weighted by Crippen LogP contribution is 2.45. The van der Waals surface area contributed by atoms with Crippen molar-refractivity contribution in [2.45, 2.75) is 11.8 Å². The first-order valence-electron chi connectivity index (χ1n) is 7.78. The number of fused-ring (bicyclic) bond motifs is 1. The average Bonchev–Trinajstić information content (AvgIpc) is 3.10. The van der Waals surface area contributed by atoms with Crippen LogP contribution in [0.5, 0.6) is 0 Å². The number of rotatable bonds is 6. The van der Waals surface area contributed by atoms with Crippen LogP contribution in [-0.2, 0) is 19.1 Å². The summed E-state index contributed by atoms with van der Waals surface area (Å²) in [6.07, 6.45) is 1.35. The highest BCUT2D eigenvalue weighted by atomic mass is 32.2. The van der Waals surface area contributed by atoms with Crippen molar-refractivity contribution >= 4 is 51.6 Å². The summed E-state index contributed by atoms with van der Waals surface area (Å²) in [6.45, 7) is 3.67. The lowest BCUT2D eigenvalue weighted by atomic mass is 9.89. The molecule has 1 amide bonds. The predicted molar refractivity (Wildman–Crippen MR) is 100 cm³/mol. The lowest BCUT2D eigenvalue weighted by Gasteiger charge is -2.49. The maximum Gasteiger partial charge on any atom is 0.355 e. The number of carbonyl (C=O) groups excluding carboxylic acids is 3. The Kier molecular flexibility index (Phi) is 5.33. The van der Waals surface area contributed by atoms with Gasteiger partial charge in [-0.05, 0) is 5.57 Å². The molecular formula is C16H16N4O5S2. The van der Waals surface area contributed by atoms with Crippen LogP contribution in [0.25, 0.3) is 0 Å². The summed E-state index contributed by atoms with van der Waals surface area (Å²) < 4.78 is 4.77. The van der Waals surface area contributed by atoms with Crippen molar-refractivity contribution in [3.05, 3.63) is 35.0 Å². The fraction of sp³-hybridized carbons (Fsp3) is 0.312. The highest BCUT2D eigenvalue weighted by Gasteiger charge is 2.54. The van der Waals surface area contributed by atoms with E-state index in [9.17, 15) is 19.6 Å². The molecule has 0 bridgehead atoms. The molecule has 3 heterocycles. The second kappa shape index (κ2) is 7.53. The van der Waals surface area contributed by atoms with Crippen molar-refractivity contribution in [3.63, 3.8) is 0 Å². The van der Waals surface area contributed by atoms with Crippen LogP contribution < -0.4 is 5.73 Å². The van der Waals surface area contributed by atoms with Crippen LogP contribution in [0.15, 0.2) is 34.5 Å². The second-order valence-electron chi connectivity index (χ2n) is 5.73. The Bertz CT molecular complexity index is 891. The molecule has 1 aromatic rings. The standard InChI is InChI=1S/C16H16N4O5S2/c1-3-7-5-26-14-8(13(22)20(14)12(7)15(23)25-2)4-10(21)11(19-24)9-6-27-16(17)18-9/h3,6,8,14,24H,1,4-5H2,2H3,(H2,17,18)/b19-11-. The summed E-state index contributed by atoms with van der Waals surface area (Å²) in [5, 5.41) is 13.6. The molecule has 0 spiro atoms. The molecule has 2 aliphatic rings. The van der Waals surface area contributed by atoms with E-state index in [0.29, 0.717) is 11.3 Å². The molecule has 3 rings (SSSR count). The normalized spacial score (nSPS) is 22.2. The number of Topliss-reactive ketones (excluding diaryl/α,β-unsaturated/α-hetero) is 1. The molecule has 27 heavy (non-hydrogen) atoms. The third kappa shape index (κ3) is 3.23. The third-order valence-corrected chi connectivity index (χ3v) is 6.30. The largest absolute Gasteiger partial charge is 0.464 e. The topological polar surface area (TPSA) is 135 Å².